The molecule has 0 saturated carbocycles. The standard InChI is InChI=1S/C13H18N4O/c1-4-14-8-11-7-10(5-6-13(11)18-3)12-9-15-16-17(12)2/h5-7,9,14H,4,8H2,1-3H3. The van der Waals surface area contributed by atoms with Crippen molar-refractivity contribution in [1.82, 2.24) is 20.3 Å². The Labute approximate surface area is 107 Å². The van der Waals surface area contributed by atoms with Crippen LogP contribution in [0.2, 0.25) is 0 Å². The molecule has 0 aliphatic heterocycles. The maximum atomic E-state index is 5.37. The minimum Gasteiger partial charge on any atom is -0.496 e. The van der Waals surface area contributed by atoms with Crippen LogP contribution in [0.1, 0.15) is 12.5 Å². The van der Waals surface area contributed by atoms with E-state index in [4.69, 9.17) is 4.74 Å². The Balaban J connectivity index is 2.36. The maximum absolute atomic E-state index is 5.37. The van der Waals surface area contributed by atoms with Crippen LogP contribution in [0.3, 0.4) is 0 Å². The fraction of sp³-hybridized carbons (Fsp3) is 0.385. The van der Waals surface area contributed by atoms with Gasteiger partial charge in [-0.15, -0.1) is 5.10 Å². The molecule has 0 unspecified atom stereocenters. The molecule has 0 aliphatic rings. The van der Waals surface area contributed by atoms with E-state index in [-0.39, 0.29) is 0 Å². The van der Waals surface area contributed by atoms with E-state index in [1.807, 2.05) is 19.2 Å². The zero-order valence-electron chi connectivity index (χ0n) is 11.0. The van der Waals surface area contributed by atoms with Crippen molar-refractivity contribution in [3.8, 4) is 17.0 Å². The first-order chi connectivity index (χ1) is 8.76. The Morgan fingerprint density at radius 2 is 2.22 bits per heavy atom. The monoisotopic (exact) mass is 246 g/mol. The van der Waals surface area contributed by atoms with Crippen LogP contribution >= 0.6 is 0 Å². The number of hydrogen-bond donors (Lipinski definition) is 1. The maximum Gasteiger partial charge on any atom is 0.123 e. The van der Waals surface area contributed by atoms with E-state index >= 15 is 0 Å². The number of ether oxygens (including phenoxy) is 1. The molecule has 0 spiro atoms. The van der Waals surface area contributed by atoms with Crippen LogP contribution in [0.25, 0.3) is 11.3 Å². The summed E-state index contributed by atoms with van der Waals surface area (Å²) >= 11 is 0. The lowest BCUT2D eigenvalue weighted by molar-refractivity contribution is 0.408. The van der Waals surface area contributed by atoms with Crippen LogP contribution in [0.5, 0.6) is 5.75 Å². The first kappa shape index (κ1) is 12.6. The summed E-state index contributed by atoms with van der Waals surface area (Å²) in [6.45, 7) is 3.81. The second-order valence-corrected chi connectivity index (χ2v) is 4.05. The van der Waals surface area contributed by atoms with Gasteiger partial charge in [0.1, 0.15) is 5.75 Å². The Hall–Kier alpha value is -1.88. The van der Waals surface area contributed by atoms with Gasteiger partial charge in [0.25, 0.3) is 0 Å². The van der Waals surface area contributed by atoms with E-state index in [1.165, 1.54) is 0 Å². The van der Waals surface area contributed by atoms with Crippen molar-refractivity contribution >= 4 is 0 Å². The van der Waals surface area contributed by atoms with E-state index < -0.39 is 0 Å². The molecule has 5 nitrogen and oxygen atoms in total. The third kappa shape index (κ3) is 2.51. The van der Waals surface area contributed by atoms with E-state index in [0.29, 0.717) is 0 Å². The average molecular weight is 246 g/mol. The molecule has 0 atom stereocenters. The summed E-state index contributed by atoms with van der Waals surface area (Å²) in [5, 5.41) is 11.2. The lowest BCUT2D eigenvalue weighted by atomic mass is 10.1. The number of nitrogens with one attached hydrogen (secondary N) is 1. The Morgan fingerprint density at radius 3 is 2.83 bits per heavy atom. The summed E-state index contributed by atoms with van der Waals surface area (Å²) < 4.78 is 7.13. The fourth-order valence-corrected chi connectivity index (χ4v) is 1.89. The zero-order valence-corrected chi connectivity index (χ0v) is 11.0. The van der Waals surface area contributed by atoms with Crippen LogP contribution in [0.15, 0.2) is 24.4 Å². The van der Waals surface area contributed by atoms with Gasteiger partial charge in [0, 0.05) is 24.7 Å². The summed E-state index contributed by atoms with van der Waals surface area (Å²) in [5.41, 5.74) is 3.23. The topological polar surface area (TPSA) is 52.0 Å². The molecule has 0 fully saturated rings. The largest absolute Gasteiger partial charge is 0.496 e. The molecule has 0 radical (unpaired) electrons. The van der Waals surface area contributed by atoms with Gasteiger partial charge >= 0.3 is 0 Å². The molecule has 1 heterocycles. The number of aryl methyl sites for hydroxylation is 1. The predicted octanol–water partition coefficient (Wildman–Crippen LogP) is 1.60. The minimum absolute atomic E-state index is 0.790. The third-order valence-corrected chi connectivity index (χ3v) is 2.86. The van der Waals surface area contributed by atoms with Gasteiger partial charge in [0.15, 0.2) is 0 Å². The van der Waals surface area contributed by atoms with Gasteiger partial charge in [-0.3, -0.25) is 0 Å². The Morgan fingerprint density at radius 1 is 1.39 bits per heavy atom. The molecule has 0 amide bonds. The van der Waals surface area contributed by atoms with Gasteiger partial charge in [0.05, 0.1) is 19.0 Å². The van der Waals surface area contributed by atoms with Crippen molar-refractivity contribution in [2.75, 3.05) is 13.7 Å². The highest BCUT2D eigenvalue weighted by molar-refractivity contribution is 5.61. The predicted molar refractivity (Wildman–Crippen MR) is 70.4 cm³/mol. The van der Waals surface area contributed by atoms with Crippen molar-refractivity contribution in [3.05, 3.63) is 30.0 Å². The Kier molecular flexibility index (Phi) is 3.94. The molecule has 2 rings (SSSR count). The van der Waals surface area contributed by atoms with Crippen molar-refractivity contribution in [2.24, 2.45) is 7.05 Å². The number of rotatable bonds is 5. The lowest BCUT2D eigenvalue weighted by Crippen LogP contribution is -2.12. The van der Waals surface area contributed by atoms with E-state index in [9.17, 15) is 0 Å². The number of aromatic nitrogens is 3. The van der Waals surface area contributed by atoms with Gasteiger partial charge in [-0.2, -0.15) is 0 Å². The molecule has 0 bridgehead atoms. The fourth-order valence-electron chi connectivity index (χ4n) is 1.89. The van der Waals surface area contributed by atoms with Crippen LogP contribution in [0, 0.1) is 0 Å². The van der Waals surface area contributed by atoms with E-state index in [2.05, 4.69) is 28.6 Å². The summed E-state index contributed by atoms with van der Waals surface area (Å²) in [7, 11) is 3.58. The molecule has 96 valence electrons. The van der Waals surface area contributed by atoms with Crippen molar-refractivity contribution in [1.29, 1.82) is 0 Å². The van der Waals surface area contributed by atoms with Gasteiger partial charge in [-0.1, -0.05) is 12.1 Å². The molecular formula is C13H18N4O. The van der Waals surface area contributed by atoms with E-state index in [0.717, 1.165) is 35.7 Å². The molecule has 0 saturated heterocycles. The Bertz CT molecular complexity index is 521. The number of benzene rings is 1. The second kappa shape index (κ2) is 5.64. The highest BCUT2D eigenvalue weighted by atomic mass is 16.5. The van der Waals surface area contributed by atoms with Crippen LogP contribution in [-0.4, -0.2) is 28.6 Å². The minimum atomic E-state index is 0.790. The first-order valence-electron chi connectivity index (χ1n) is 5.99. The SMILES string of the molecule is CCNCc1cc(-c2cnnn2C)ccc1OC. The highest BCUT2D eigenvalue weighted by Crippen LogP contribution is 2.25. The molecule has 18 heavy (non-hydrogen) atoms. The number of methoxy groups -OCH3 is 1. The molecule has 2 aromatic rings. The van der Waals surface area contributed by atoms with Gasteiger partial charge in [0.2, 0.25) is 0 Å². The van der Waals surface area contributed by atoms with Crippen LogP contribution in [-0.2, 0) is 13.6 Å². The van der Waals surface area contributed by atoms with Gasteiger partial charge < -0.3 is 10.1 Å². The van der Waals surface area contributed by atoms with Gasteiger partial charge in [-0.05, 0) is 24.7 Å². The summed E-state index contributed by atoms with van der Waals surface area (Å²) in [4.78, 5) is 0. The summed E-state index contributed by atoms with van der Waals surface area (Å²) in [5.74, 6) is 0.898. The molecule has 0 aliphatic carbocycles. The molecule has 1 aromatic carbocycles. The summed E-state index contributed by atoms with van der Waals surface area (Å²) in [6, 6.07) is 6.11. The zero-order chi connectivity index (χ0) is 13.0. The van der Waals surface area contributed by atoms with E-state index in [1.54, 1.807) is 18.0 Å². The molecule has 1 N–H and O–H groups in total. The molecule has 5 heteroatoms. The first-order valence-corrected chi connectivity index (χ1v) is 5.99. The highest BCUT2D eigenvalue weighted by Gasteiger charge is 2.08. The smallest absolute Gasteiger partial charge is 0.123 e. The normalized spacial score (nSPS) is 10.6. The molecule has 1 aromatic heterocycles. The van der Waals surface area contributed by atoms with Crippen molar-refractivity contribution in [3.63, 3.8) is 0 Å². The molecular weight excluding hydrogens is 228 g/mol. The van der Waals surface area contributed by atoms with Crippen molar-refractivity contribution < 1.29 is 4.74 Å². The van der Waals surface area contributed by atoms with Gasteiger partial charge in [-0.25, -0.2) is 4.68 Å². The summed E-state index contributed by atoms with van der Waals surface area (Å²) in [6.07, 6.45) is 1.76. The van der Waals surface area contributed by atoms with Crippen molar-refractivity contribution in [2.45, 2.75) is 13.5 Å². The second-order valence-electron chi connectivity index (χ2n) is 4.05. The lowest BCUT2D eigenvalue weighted by Gasteiger charge is -2.11. The number of hydrogen-bond acceptors (Lipinski definition) is 4. The van der Waals surface area contributed by atoms with Crippen LogP contribution in [0.4, 0.5) is 0 Å². The average Bonchev–Trinajstić information content (AvgIpc) is 2.82. The third-order valence-electron chi connectivity index (χ3n) is 2.86. The van der Waals surface area contributed by atoms with Crippen LogP contribution < -0.4 is 10.1 Å². The quantitative estimate of drug-likeness (QED) is 0.870. The number of nitrogens with zero attached hydrogens (tertiary/aromatic N) is 3.